The van der Waals surface area contributed by atoms with Crippen molar-refractivity contribution in [2.24, 2.45) is 5.41 Å². The molecule has 0 unspecified atom stereocenters. The molecule has 1 aliphatic carbocycles. The molecule has 2 N–H and O–H groups in total. The average Bonchev–Trinajstić information content (AvgIpc) is 3.05. The Kier molecular flexibility index (Phi) is 4.35. The number of ether oxygens (including phenoxy) is 1. The van der Waals surface area contributed by atoms with Gasteiger partial charge in [-0.2, -0.15) is 0 Å². The third-order valence-electron chi connectivity index (χ3n) is 4.69. The minimum atomic E-state index is -0.451. The van der Waals surface area contributed by atoms with Crippen LogP contribution < -0.4 is 5.73 Å². The van der Waals surface area contributed by atoms with E-state index in [2.05, 4.69) is 11.9 Å². The molecule has 0 spiro atoms. The largest absolute Gasteiger partial charge is 0.464 e. The minimum Gasteiger partial charge on any atom is -0.464 e. The van der Waals surface area contributed by atoms with Gasteiger partial charge in [0.1, 0.15) is 11.6 Å². The number of esters is 1. The van der Waals surface area contributed by atoms with Gasteiger partial charge < -0.3 is 15.0 Å². The molecule has 2 rings (SSSR count). The van der Waals surface area contributed by atoms with Crippen molar-refractivity contribution in [1.82, 2.24) is 9.55 Å². The Balaban J connectivity index is 2.35. The lowest BCUT2D eigenvalue weighted by atomic mass is 9.83. The molecule has 1 aromatic heterocycles. The highest BCUT2D eigenvalue weighted by Gasteiger charge is 2.34. The summed E-state index contributed by atoms with van der Waals surface area (Å²) < 4.78 is 6.79. The van der Waals surface area contributed by atoms with Crippen LogP contribution in [-0.2, 0) is 17.7 Å². The number of imidazole rings is 1. The first-order valence-electron chi connectivity index (χ1n) is 7.50. The van der Waals surface area contributed by atoms with Gasteiger partial charge in [-0.05, 0) is 24.7 Å². The molecule has 5 heteroatoms. The van der Waals surface area contributed by atoms with E-state index in [1.54, 1.807) is 0 Å². The summed E-state index contributed by atoms with van der Waals surface area (Å²) in [5, 5.41) is 0. The smallest absolute Gasteiger partial charge is 0.360 e. The Morgan fingerprint density at radius 1 is 1.40 bits per heavy atom. The van der Waals surface area contributed by atoms with Crippen LogP contribution in [0.5, 0.6) is 0 Å². The molecule has 1 aromatic rings. The lowest BCUT2D eigenvalue weighted by molar-refractivity contribution is 0.0595. The summed E-state index contributed by atoms with van der Waals surface area (Å²) >= 11 is 0. The molecule has 0 atom stereocenters. The first-order chi connectivity index (χ1) is 9.56. The Morgan fingerprint density at radius 3 is 2.55 bits per heavy atom. The maximum absolute atomic E-state index is 11.7. The van der Waals surface area contributed by atoms with Crippen LogP contribution in [-0.4, -0.2) is 22.6 Å². The summed E-state index contributed by atoms with van der Waals surface area (Å²) in [6, 6.07) is 0. The first-order valence-corrected chi connectivity index (χ1v) is 7.50. The minimum absolute atomic E-state index is 0.258. The number of aryl methyl sites for hydroxylation is 1. The third-order valence-corrected chi connectivity index (χ3v) is 4.69. The number of carbonyl (C=O) groups is 1. The first kappa shape index (κ1) is 14.9. The van der Waals surface area contributed by atoms with E-state index in [-0.39, 0.29) is 5.69 Å². The van der Waals surface area contributed by atoms with Gasteiger partial charge in [0.15, 0.2) is 5.69 Å². The number of aromatic nitrogens is 2. The number of hydrogen-bond acceptors (Lipinski definition) is 4. The SMILES string of the molecule is CCc1nc(C(=O)OC)c(N)n1CC1(CC)CCCC1. The van der Waals surface area contributed by atoms with Gasteiger partial charge in [0.05, 0.1) is 7.11 Å². The monoisotopic (exact) mass is 279 g/mol. The zero-order valence-electron chi connectivity index (χ0n) is 12.7. The van der Waals surface area contributed by atoms with Gasteiger partial charge in [0.25, 0.3) is 0 Å². The second kappa shape index (κ2) is 5.85. The molecule has 0 amide bonds. The van der Waals surface area contributed by atoms with Gasteiger partial charge in [-0.1, -0.05) is 26.7 Å². The van der Waals surface area contributed by atoms with Gasteiger partial charge >= 0.3 is 5.97 Å². The van der Waals surface area contributed by atoms with E-state index in [4.69, 9.17) is 10.5 Å². The van der Waals surface area contributed by atoms with Gasteiger partial charge in [-0.15, -0.1) is 0 Å². The van der Waals surface area contributed by atoms with Crippen molar-refractivity contribution >= 4 is 11.8 Å². The molecule has 0 saturated heterocycles. The highest BCUT2D eigenvalue weighted by molar-refractivity contribution is 5.92. The molecule has 1 heterocycles. The van der Waals surface area contributed by atoms with Crippen molar-refractivity contribution in [3.05, 3.63) is 11.5 Å². The maximum atomic E-state index is 11.7. The molecular weight excluding hydrogens is 254 g/mol. The number of methoxy groups -OCH3 is 1. The average molecular weight is 279 g/mol. The summed E-state index contributed by atoms with van der Waals surface area (Å²) in [7, 11) is 1.36. The number of nitrogen functional groups attached to an aromatic ring is 1. The lowest BCUT2D eigenvalue weighted by Crippen LogP contribution is -2.25. The van der Waals surface area contributed by atoms with Crippen LogP contribution in [0, 0.1) is 5.41 Å². The van der Waals surface area contributed by atoms with Crippen LogP contribution >= 0.6 is 0 Å². The zero-order valence-corrected chi connectivity index (χ0v) is 12.7. The normalized spacial score (nSPS) is 17.4. The Labute approximate surface area is 120 Å². The van der Waals surface area contributed by atoms with Crippen molar-refractivity contribution in [2.75, 3.05) is 12.8 Å². The standard InChI is InChI=1S/C15H25N3O2/c1-4-11-17-12(14(19)20-3)13(16)18(11)10-15(5-2)8-6-7-9-15/h4-10,16H2,1-3H3. The molecule has 5 nitrogen and oxygen atoms in total. The van der Waals surface area contributed by atoms with E-state index in [0.29, 0.717) is 11.2 Å². The number of hydrogen-bond donors (Lipinski definition) is 1. The molecule has 0 radical (unpaired) electrons. The topological polar surface area (TPSA) is 70.1 Å². The Morgan fingerprint density at radius 2 is 2.05 bits per heavy atom. The quantitative estimate of drug-likeness (QED) is 0.841. The van der Waals surface area contributed by atoms with Crippen LogP contribution in [0.15, 0.2) is 0 Å². The van der Waals surface area contributed by atoms with Crippen LogP contribution in [0.3, 0.4) is 0 Å². The van der Waals surface area contributed by atoms with Gasteiger partial charge in [0, 0.05) is 13.0 Å². The summed E-state index contributed by atoms with van der Waals surface area (Å²) in [6.45, 7) is 5.14. The maximum Gasteiger partial charge on any atom is 0.360 e. The number of carbonyl (C=O) groups excluding carboxylic acids is 1. The van der Waals surface area contributed by atoms with E-state index >= 15 is 0 Å². The fraction of sp³-hybridized carbons (Fsp3) is 0.733. The third kappa shape index (κ3) is 2.53. The van der Waals surface area contributed by atoms with E-state index in [9.17, 15) is 4.79 Å². The molecule has 0 aromatic carbocycles. The summed E-state index contributed by atoms with van der Waals surface area (Å²) in [4.78, 5) is 16.1. The molecule has 20 heavy (non-hydrogen) atoms. The predicted molar refractivity (Wildman–Crippen MR) is 78.5 cm³/mol. The second-order valence-corrected chi connectivity index (χ2v) is 5.75. The van der Waals surface area contributed by atoms with E-state index < -0.39 is 5.97 Å². The number of rotatable bonds is 5. The highest BCUT2D eigenvalue weighted by atomic mass is 16.5. The molecule has 1 fully saturated rings. The molecule has 0 bridgehead atoms. The molecule has 112 valence electrons. The van der Waals surface area contributed by atoms with Crippen molar-refractivity contribution in [1.29, 1.82) is 0 Å². The summed E-state index contributed by atoms with van der Waals surface area (Å²) in [5.41, 5.74) is 6.72. The molecule has 0 aliphatic heterocycles. The van der Waals surface area contributed by atoms with E-state index in [0.717, 1.165) is 25.2 Å². The molecular formula is C15H25N3O2. The molecule has 1 aliphatic rings. The molecule has 1 saturated carbocycles. The van der Waals surface area contributed by atoms with E-state index in [1.807, 2.05) is 11.5 Å². The fourth-order valence-corrected chi connectivity index (χ4v) is 3.29. The van der Waals surface area contributed by atoms with Crippen molar-refractivity contribution in [3.63, 3.8) is 0 Å². The lowest BCUT2D eigenvalue weighted by Gasteiger charge is -2.29. The number of anilines is 1. The Hall–Kier alpha value is -1.52. The predicted octanol–water partition coefficient (Wildman–Crippen LogP) is 2.78. The van der Waals surface area contributed by atoms with Crippen LogP contribution in [0.25, 0.3) is 0 Å². The second-order valence-electron chi connectivity index (χ2n) is 5.75. The summed E-state index contributed by atoms with van der Waals surface area (Å²) in [5.74, 6) is 0.879. The van der Waals surface area contributed by atoms with Crippen LogP contribution in [0.2, 0.25) is 0 Å². The number of nitrogens with two attached hydrogens (primary N) is 1. The van der Waals surface area contributed by atoms with Crippen molar-refractivity contribution < 1.29 is 9.53 Å². The van der Waals surface area contributed by atoms with Crippen molar-refractivity contribution in [3.8, 4) is 0 Å². The van der Waals surface area contributed by atoms with Crippen molar-refractivity contribution in [2.45, 2.75) is 58.9 Å². The van der Waals surface area contributed by atoms with Crippen LogP contribution in [0.4, 0.5) is 5.82 Å². The fourth-order valence-electron chi connectivity index (χ4n) is 3.29. The summed E-state index contributed by atoms with van der Waals surface area (Å²) in [6.07, 6.45) is 6.94. The van der Waals surface area contributed by atoms with Gasteiger partial charge in [-0.3, -0.25) is 0 Å². The van der Waals surface area contributed by atoms with Gasteiger partial charge in [-0.25, -0.2) is 9.78 Å². The zero-order chi connectivity index (χ0) is 14.8. The van der Waals surface area contributed by atoms with E-state index in [1.165, 1.54) is 32.8 Å². The number of nitrogens with zero attached hydrogens (tertiary/aromatic N) is 2. The highest BCUT2D eigenvalue weighted by Crippen LogP contribution is 2.43. The van der Waals surface area contributed by atoms with Crippen LogP contribution in [0.1, 0.15) is 62.3 Å². The van der Waals surface area contributed by atoms with Gasteiger partial charge in [0.2, 0.25) is 0 Å². The Bertz CT molecular complexity index is 488.